The Morgan fingerprint density at radius 1 is 1.33 bits per heavy atom. The molecular weight excluding hydrogens is 194 g/mol. The van der Waals surface area contributed by atoms with Crippen molar-refractivity contribution in [2.75, 3.05) is 13.6 Å². The van der Waals surface area contributed by atoms with Crippen LogP contribution in [0.1, 0.15) is 33.6 Å². The predicted molar refractivity (Wildman–Crippen MR) is 58.5 cm³/mol. The lowest BCUT2D eigenvalue weighted by atomic mass is 9.94. The molecule has 0 aromatic carbocycles. The Balaban J connectivity index is 4.43. The smallest absolute Gasteiger partial charge is 0.316 e. The first-order chi connectivity index (χ1) is 6.91. The summed E-state index contributed by atoms with van der Waals surface area (Å²) in [5, 5.41) is 8.94. The van der Waals surface area contributed by atoms with Gasteiger partial charge in [-0.25, -0.2) is 0 Å². The third-order valence-electron chi connectivity index (χ3n) is 2.42. The highest BCUT2D eigenvalue weighted by molar-refractivity contribution is 5.97. The number of carboxylic acids is 1. The molecule has 88 valence electrons. The van der Waals surface area contributed by atoms with Gasteiger partial charge in [0.25, 0.3) is 0 Å². The lowest BCUT2D eigenvalue weighted by Gasteiger charge is -2.23. The molecule has 0 aromatic rings. The van der Waals surface area contributed by atoms with E-state index in [4.69, 9.17) is 5.11 Å². The maximum atomic E-state index is 11.8. The van der Waals surface area contributed by atoms with Gasteiger partial charge in [-0.1, -0.05) is 27.2 Å². The Hall–Kier alpha value is -1.06. The normalized spacial score (nSPS) is 12.6. The van der Waals surface area contributed by atoms with Crippen LogP contribution in [0.2, 0.25) is 0 Å². The van der Waals surface area contributed by atoms with E-state index in [1.165, 1.54) is 4.90 Å². The Bertz CT molecular complexity index is 226. The third-order valence-corrected chi connectivity index (χ3v) is 2.42. The molecule has 4 heteroatoms. The first-order valence-electron chi connectivity index (χ1n) is 5.39. The fourth-order valence-corrected chi connectivity index (χ4v) is 1.42. The molecule has 0 fully saturated rings. The minimum atomic E-state index is -1.03. The fourth-order valence-electron chi connectivity index (χ4n) is 1.42. The number of unbranched alkanes of at least 4 members (excludes halogenated alkanes) is 1. The lowest BCUT2D eigenvalue weighted by Crippen LogP contribution is -2.40. The van der Waals surface area contributed by atoms with E-state index >= 15 is 0 Å². The second kappa shape index (κ2) is 6.43. The van der Waals surface area contributed by atoms with Gasteiger partial charge in [0.05, 0.1) is 0 Å². The third kappa shape index (κ3) is 4.32. The van der Waals surface area contributed by atoms with Crippen molar-refractivity contribution in [3.63, 3.8) is 0 Å². The molecule has 4 nitrogen and oxygen atoms in total. The molecule has 0 radical (unpaired) electrons. The number of carbonyl (C=O) groups excluding carboxylic acids is 1. The number of hydrogen-bond donors (Lipinski definition) is 1. The maximum absolute atomic E-state index is 11.8. The summed E-state index contributed by atoms with van der Waals surface area (Å²) in [6.45, 7) is 6.18. The van der Waals surface area contributed by atoms with Gasteiger partial charge in [0, 0.05) is 13.6 Å². The molecule has 1 amide bonds. The van der Waals surface area contributed by atoms with E-state index in [2.05, 4.69) is 0 Å². The van der Waals surface area contributed by atoms with Crippen molar-refractivity contribution < 1.29 is 14.7 Å². The lowest BCUT2D eigenvalue weighted by molar-refractivity contribution is -0.152. The molecule has 1 atom stereocenters. The van der Waals surface area contributed by atoms with Crippen molar-refractivity contribution in [1.82, 2.24) is 4.90 Å². The highest BCUT2D eigenvalue weighted by Gasteiger charge is 2.31. The average molecular weight is 215 g/mol. The summed E-state index contributed by atoms with van der Waals surface area (Å²) in [6, 6.07) is 0. The van der Waals surface area contributed by atoms with Gasteiger partial charge in [-0.05, 0) is 12.3 Å². The van der Waals surface area contributed by atoms with Gasteiger partial charge in [0.1, 0.15) is 5.92 Å². The van der Waals surface area contributed by atoms with Gasteiger partial charge in [0.15, 0.2) is 0 Å². The van der Waals surface area contributed by atoms with Crippen molar-refractivity contribution in [3.05, 3.63) is 0 Å². The summed E-state index contributed by atoms with van der Waals surface area (Å²) in [5.74, 6) is -2.39. The molecule has 0 aliphatic carbocycles. The molecule has 0 aliphatic rings. The molecule has 0 heterocycles. The molecule has 0 bridgehead atoms. The Kier molecular flexibility index (Phi) is 5.97. The number of rotatable bonds is 6. The van der Waals surface area contributed by atoms with Gasteiger partial charge in [-0.15, -0.1) is 0 Å². The van der Waals surface area contributed by atoms with Crippen LogP contribution < -0.4 is 0 Å². The highest BCUT2D eigenvalue weighted by atomic mass is 16.4. The summed E-state index contributed by atoms with van der Waals surface area (Å²) < 4.78 is 0. The van der Waals surface area contributed by atoms with Crippen LogP contribution in [0, 0.1) is 11.8 Å². The van der Waals surface area contributed by atoms with Crippen molar-refractivity contribution in [1.29, 1.82) is 0 Å². The molecular formula is C11H21NO3. The van der Waals surface area contributed by atoms with E-state index in [9.17, 15) is 9.59 Å². The molecule has 0 spiro atoms. The van der Waals surface area contributed by atoms with Crippen LogP contribution in [-0.4, -0.2) is 35.5 Å². The van der Waals surface area contributed by atoms with E-state index in [1.807, 2.05) is 6.92 Å². The zero-order valence-corrected chi connectivity index (χ0v) is 9.99. The fraction of sp³-hybridized carbons (Fsp3) is 0.818. The molecule has 0 saturated heterocycles. The Labute approximate surface area is 91.3 Å². The standard InChI is InChI=1S/C11H21NO3/c1-5-6-7-12(4)10(13)9(8(2)3)11(14)15/h8-9H,5-7H2,1-4H3,(H,14,15). The number of carboxylic acid groups (broad SMARTS) is 1. The van der Waals surface area contributed by atoms with Crippen LogP contribution in [0.5, 0.6) is 0 Å². The van der Waals surface area contributed by atoms with Crippen LogP contribution in [0.25, 0.3) is 0 Å². The molecule has 1 unspecified atom stereocenters. The molecule has 1 N–H and O–H groups in total. The monoisotopic (exact) mass is 215 g/mol. The van der Waals surface area contributed by atoms with E-state index in [-0.39, 0.29) is 11.8 Å². The molecule has 0 aromatic heterocycles. The van der Waals surface area contributed by atoms with Gasteiger partial charge >= 0.3 is 5.97 Å². The second-order valence-corrected chi connectivity index (χ2v) is 4.17. The van der Waals surface area contributed by atoms with E-state index in [1.54, 1.807) is 20.9 Å². The zero-order valence-electron chi connectivity index (χ0n) is 9.99. The summed E-state index contributed by atoms with van der Waals surface area (Å²) in [6.07, 6.45) is 1.91. The van der Waals surface area contributed by atoms with Crippen molar-refractivity contribution in [3.8, 4) is 0 Å². The van der Waals surface area contributed by atoms with E-state index in [0.717, 1.165) is 12.8 Å². The van der Waals surface area contributed by atoms with Crippen LogP contribution in [0.3, 0.4) is 0 Å². The summed E-state index contributed by atoms with van der Waals surface area (Å²) >= 11 is 0. The van der Waals surface area contributed by atoms with E-state index < -0.39 is 11.9 Å². The quantitative estimate of drug-likeness (QED) is 0.685. The number of carbonyl (C=O) groups is 2. The summed E-state index contributed by atoms with van der Waals surface area (Å²) in [5.41, 5.74) is 0. The number of hydrogen-bond acceptors (Lipinski definition) is 2. The maximum Gasteiger partial charge on any atom is 0.316 e. The first kappa shape index (κ1) is 13.9. The Morgan fingerprint density at radius 3 is 2.20 bits per heavy atom. The largest absolute Gasteiger partial charge is 0.481 e. The molecule has 0 rings (SSSR count). The van der Waals surface area contributed by atoms with Crippen molar-refractivity contribution >= 4 is 11.9 Å². The minimum absolute atomic E-state index is 0.168. The minimum Gasteiger partial charge on any atom is -0.481 e. The molecule has 15 heavy (non-hydrogen) atoms. The number of nitrogens with zero attached hydrogens (tertiary/aromatic N) is 1. The van der Waals surface area contributed by atoms with Gasteiger partial charge in [0.2, 0.25) is 5.91 Å². The van der Waals surface area contributed by atoms with E-state index in [0.29, 0.717) is 6.54 Å². The zero-order chi connectivity index (χ0) is 12.0. The van der Waals surface area contributed by atoms with Crippen LogP contribution in [0.15, 0.2) is 0 Å². The van der Waals surface area contributed by atoms with Crippen molar-refractivity contribution in [2.24, 2.45) is 11.8 Å². The first-order valence-corrected chi connectivity index (χ1v) is 5.39. The Morgan fingerprint density at radius 2 is 1.87 bits per heavy atom. The van der Waals surface area contributed by atoms with Crippen molar-refractivity contribution in [2.45, 2.75) is 33.6 Å². The van der Waals surface area contributed by atoms with Gasteiger partial charge in [-0.2, -0.15) is 0 Å². The van der Waals surface area contributed by atoms with Crippen LogP contribution in [0.4, 0.5) is 0 Å². The number of aliphatic carboxylic acids is 1. The average Bonchev–Trinajstić information content (AvgIpc) is 2.12. The SMILES string of the molecule is CCCCN(C)C(=O)C(C(=O)O)C(C)C. The second-order valence-electron chi connectivity index (χ2n) is 4.17. The van der Waals surface area contributed by atoms with Crippen LogP contribution in [-0.2, 0) is 9.59 Å². The molecule has 0 aliphatic heterocycles. The summed E-state index contributed by atoms with van der Waals surface area (Å²) in [4.78, 5) is 24.2. The highest BCUT2D eigenvalue weighted by Crippen LogP contribution is 2.14. The van der Waals surface area contributed by atoms with Crippen LogP contribution >= 0.6 is 0 Å². The molecule has 0 saturated carbocycles. The summed E-state index contributed by atoms with van der Waals surface area (Å²) in [7, 11) is 1.66. The van der Waals surface area contributed by atoms with Gasteiger partial charge < -0.3 is 10.0 Å². The number of amides is 1. The predicted octanol–water partition coefficient (Wildman–Crippen LogP) is 1.60. The topological polar surface area (TPSA) is 57.6 Å². The van der Waals surface area contributed by atoms with Gasteiger partial charge in [-0.3, -0.25) is 9.59 Å².